The number of amides is 2. The molecule has 22 heavy (non-hydrogen) atoms. The van der Waals surface area contributed by atoms with E-state index in [-0.39, 0.29) is 12.0 Å². The van der Waals surface area contributed by atoms with E-state index < -0.39 is 0 Å². The predicted octanol–water partition coefficient (Wildman–Crippen LogP) is 2.49. The lowest BCUT2D eigenvalue weighted by Gasteiger charge is -2.33. The van der Waals surface area contributed by atoms with Crippen LogP contribution in [0.15, 0.2) is 0 Å². The highest BCUT2D eigenvalue weighted by molar-refractivity contribution is 7.13. The molecule has 0 atom stereocenters. The van der Waals surface area contributed by atoms with Crippen LogP contribution in [0.1, 0.15) is 47.1 Å². The second-order valence-electron chi connectivity index (χ2n) is 5.60. The molecule has 2 amide bonds. The SMILES string of the molecule is CCOC(=O)N1CCN(C(=O)c2sc(C(C)C)nc2C)CC1. The Morgan fingerprint density at radius 3 is 2.32 bits per heavy atom. The van der Waals surface area contributed by atoms with E-state index in [0.717, 1.165) is 10.7 Å². The van der Waals surface area contributed by atoms with Gasteiger partial charge in [-0.25, -0.2) is 9.78 Å². The number of hydrogen-bond donors (Lipinski definition) is 0. The molecule has 0 aliphatic carbocycles. The first-order chi connectivity index (χ1) is 10.4. The highest BCUT2D eigenvalue weighted by Gasteiger charge is 2.27. The molecule has 122 valence electrons. The van der Waals surface area contributed by atoms with E-state index in [9.17, 15) is 9.59 Å². The van der Waals surface area contributed by atoms with E-state index >= 15 is 0 Å². The average molecular weight is 325 g/mol. The fourth-order valence-electron chi connectivity index (χ4n) is 2.31. The number of aryl methyl sites for hydroxylation is 1. The summed E-state index contributed by atoms with van der Waals surface area (Å²) in [6.07, 6.45) is -0.300. The van der Waals surface area contributed by atoms with E-state index in [2.05, 4.69) is 18.8 Å². The van der Waals surface area contributed by atoms with E-state index in [0.29, 0.717) is 43.6 Å². The predicted molar refractivity (Wildman–Crippen MR) is 85.4 cm³/mol. The quantitative estimate of drug-likeness (QED) is 0.856. The summed E-state index contributed by atoms with van der Waals surface area (Å²) in [6, 6.07) is 0. The van der Waals surface area contributed by atoms with Crippen molar-refractivity contribution in [3.8, 4) is 0 Å². The van der Waals surface area contributed by atoms with Crippen molar-refractivity contribution >= 4 is 23.3 Å². The third-order valence-corrected chi connectivity index (χ3v) is 5.04. The zero-order valence-corrected chi connectivity index (χ0v) is 14.4. The highest BCUT2D eigenvalue weighted by Crippen LogP contribution is 2.26. The van der Waals surface area contributed by atoms with Crippen molar-refractivity contribution in [1.82, 2.24) is 14.8 Å². The first kappa shape index (κ1) is 16.7. The summed E-state index contributed by atoms with van der Waals surface area (Å²) in [5.41, 5.74) is 0.798. The van der Waals surface area contributed by atoms with Crippen LogP contribution in [-0.2, 0) is 4.74 Å². The summed E-state index contributed by atoms with van der Waals surface area (Å²) in [5, 5.41) is 0.992. The van der Waals surface area contributed by atoms with Gasteiger partial charge < -0.3 is 14.5 Å². The van der Waals surface area contributed by atoms with Gasteiger partial charge in [0.05, 0.1) is 17.3 Å². The molecule has 0 unspecified atom stereocenters. The normalized spacial score (nSPS) is 15.3. The third kappa shape index (κ3) is 3.58. The lowest BCUT2D eigenvalue weighted by atomic mass is 10.2. The molecule has 1 aliphatic rings. The van der Waals surface area contributed by atoms with Gasteiger partial charge in [0, 0.05) is 32.1 Å². The van der Waals surface area contributed by atoms with Crippen LogP contribution in [0.3, 0.4) is 0 Å². The first-order valence-corrected chi connectivity index (χ1v) is 8.44. The summed E-state index contributed by atoms with van der Waals surface area (Å²) in [6.45, 7) is 10.3. The van der Waals surface area contributed by atoms with Gasteiger partial charge in [-0.1, -0.05) is 13.8 Å². The fourth-order valence-corrected chi connectivity index (χ4v) is 3.35. The Kier molecular flexibility index (Phi) is 5.39. The minimum atomic E-state index is -0.300. The van der Waals surface area contributed by atoms with Gasteiger partial charge in [0.2, 0.25) is 0 Å². The maximum absolute atomic E-state index is 12.6. The van der Waals surface area contributed by atoms with Gasteiger partial charge >= 0.3 is 6.09 Å². The number of ether oxygens (including phenoxy) is 1. The second kappa shape index (κ2) is 7.09. The van der Waals surface area contributed by atoms with E-state index in [1.807, 2.05) is 6.92 Å². The Morgan fingerprint density at radius 2 is 1.82 bits per heavy atom. The lowest BCUT2D eigenvalue weighted by Crippen LogP contribution is -2.50. The molecule has 1 aliphatic heterocycles. The van der Waals surface area contributed by atoms with Gasteiger partial charge in [-0.05, 0) is 13.8 Å². The molecule has 1 aromatic heterocycles. The molecule has 0 bridgehead atoms. The van der Waals surface area contributed by atoms with Gasteiger partial charge in [-0.15, -0.1) is 11.3 Å². The van der Waals surface area contributed by atoms with Crippen molar-refractivity contribution in [1.29, 1.82) is 0 Å². The van der Waals surface area contributed by atoms with E-state index in [4.69, 9.17) is 4.74 Å². The molecule has 0 aromatic carbocycles. The van der Waals surface area contributed by atoms with Crippen molar-refractivity contribution in [2.24, 2.45) is 0 Å². The molecule has 0 radical (unpaired) electrons. The van der Waals surface area contributed by atoms with Crippen LogP contribution < -0.4 is 0 Å². The Hall–Kier alpha value is -1.63. The van der Waals surface area contributed by atoms with Crippen molar-refractivity contribution in [3.05, 3.63) is 15.6 Å². The van der Waals surface area contributed by atoms with Crippen LogP contribution in [0.25, 0.3) is 0 Å². The topological polar surface area (TPSA) is 62.7 Å². The van der Waals surface area contributed by atoms with Crippen molar-refractivity contribution in [2.75, 3.05) is 32.8 Å². The number of rotatable bonds is 3. The van der Waals surface area contributed by atoms with Crippen LogP contribution in [-0.4, -0.2) is 59.6 Å². The standard InChI is InChI=1S/C15H23N3O3S/c1-5-21-15(20)18-8-6-17(7-9-18)14(19)12-11(4)16-13(22-12)10(2)3/h10H,5-9H2,1-4H3. The molecule has 1 fully saturated rings. The molecular formula is C15H23N3O3S. The van der Waals surface area contributed by atoms with Crippen molar-refractivity contribution in [3.63, 3.8) is 0 Å². The zero-order valence-electron chi connectivity index (χ0n) is 13.6. The monoisotopic (exact) mass is 325 g/mol. The first-order valence-electron chi connectivity index (χ1n) is 7.62. The van der Waals surface area contributed by atoms with Crippen LogP contribution in [0, 0.1) is 6.92 Å². The molecule has 1 aromatic rings. The van der Waals surface area contributed by atoms with Crippen LogP contribution in [0.4, 0.5) is 4.79 Å². The molecule has 0 saturated carbocycles. The number of hydrogen-bond acceptors (Lipinski definition) is 5. The third-order valence-electron chi connectivity index (χ3n) is 3.59. The lowest BCUT2D eigenvalue weighted by molar-refractivity contribution is 0.0573. The number of piperazine rings is 1. The molecule has 7 heteroatoms. The highest BCUT2D eigenvalue weighted by atomic mass is 32.1. The summed E-state index contributed by atoms with van der Waals surface area (Å²) in [5.74, 6) is 0.344. The number of carbonyl (C=O) groups excluding carboxylic acids is 2. The Morgan fingerprint density at radius 1 is 1.23 bits per heavy atom. The largest absolute Gasteiger partial charge is 0.450 e. The molecule has 0 spiro atoms. The molecule has 6 nitrogen and oxygen atoms in total. The van der Waals surface area contributed by atoms with Gasteiger partial charge in [0.15, 0.2) is 0 Å². The number of carbonyl (C=O) groups is 2. The van der Waals surface area contributed by atoms with Crippen LogP contribution in [0.5, 0.6) is 0 Å². The molecule has 2 heterocycles. The second-order valence-corrected chi connectivity index (χ2v) is 6.63. The van der Waals surface area contributed by atoms with E-state index in [1.165, 1.54) is 11.3 Å². The molecule has 1 saturated heterocycles. The maximum Gasteiger partial charge on any atom is 0.409 e. The summed E-state index contributed by atoms with van der Waals surface area (Å²) < 4.78 is 4.99. The van der Waals surface area contributed by atoms with Crippen molar-refractivity contribution in [2.45, 2.75) is 33.6 Å². The van der Waals surface area contributed by atoms with Crippen molar-refractivity contribution < 1.29 is 14.3 Å². The number of thiazole rings is 1. The molecular weight excluding hydrogens is 302 g/mol. The minimum absolute atomic E-state index is 0.0189. The molecule has 2 rings (SSSR count). The van der Waals surface area contributed by atoms with Crippen LogP contribution in [0.2, 0.25) is 0 Å². The van der Waals surface area contributed by atoms with Gasteiger partial charge in [0.25, 0.3) is 5.91 Å². The zero-order chi connectivity index (χ0) is 16.3. The van der Waals surface area contributed by atoms with Crippen LogP contribution >= 0.6 is 11.3 Å². The number of aromatic nitrogens is 1. The Bertz CT molecular complexity index is 548. The Labute approximate surface area is 135 Å². The Balaban J connectivity index is 1.99. The molecule has 0 N–H and O–H groups in total. The minimum Gasteiger partial charge on any atom is -0.450 e. The summed E-state index contributed by atoms with van der Waals surface area (Å²) in [4.78, 5) is 32.9. The van der Waals surface area contributed by atoms with E-state index in [1.54, 1.807) is 16.7 Å². The van der Waals surface area contributed by atoms with Gasteiger partial charge in [-0.3, -0.25) is 4.79 Å². The number of nitrogens with zero attached hydrogens (tertiary/aromatic N) is 3. The maximum atomic E-state index is 12.6. The fraction of sp³-hybridized carbons (Fsp3) is 0.667. The van der Waals surface area contributed by atoms with Gasteiger partial charge in [0.1, 0.15) is 4.88 Å². The summed E-state index contributed by atoms with van der Waals surface area (Å²) >= 11 is 1.48. The summed E-state index contributed by atoms with van der Waals surface area (Å²) in [7, 11) is 0. The average Bonchev–Trinajstić information content (AvgIpc) is 2.89. The smallest absolute Gasteiger partial charge is 0.409 e. The van der Waals surface area contributed by atoms with Gasteiger partial charge in [-0.2, -0.15) is 0 Å².